The fraction of sp³-hybridized carbons (Fsp3) is 0.467. The molecule has 1 N–H and O–H groups in total. The first-order valence-electron chi connectivity index (χ1n) is 6.41. The lowest BCUT2D eigenvalue weighted by Gasteiger charge is -2.29. The molecule has 0 aromatic heterocycles. The van der Waals surface area contributed by atoms with Crippen molar-refractivity contribution in [3.05, 3.63) is 42.5 Å². The molecule has 0 amide bonds. The van der Waals surface area contributed by atoms with Crippen LogP contribution >= 0.6 is 0 Å². The van der Waals surface area contributed by atoms with Gasteiger partial charge in [-0.3, -0.25) is 0 Å². The van der Waals surface area contributed by atoms with E-state index in [4.69, 9.17) is 0 Å². The van der Waals surface area contributed by atoms with E-state index in [1.165, 1.54) is 37.1 Å². The molecule has 92 valence electrons. The van der Waals surface area contributed by atoms with E-state index < -0.39 is 0 Å². The van der Waals surface area contributed by atoms with E-state index in [-0.39, 0.29) is 0 Å². The topological polar surface area (TPSA) is 15.3 Å². The quantitative estimate of drug-likeness (QED) is 0.854. The normalized spacial score (nSPS) is 18.2. The zero-order valence-corrected chi connectivity index (χ0v) is 10.7. The number of hydrogen-bond donors (Lipinski definition) is 1. The molecule has 0 bridgehead atoms. The summed E-state index contributed by atoms with van der Waals surface area (Å²) in [6, 6.07) is 11.1. The Kier molecular flexibility index (Phi) is 4.35. The minimum Gasteiger partial charge on any atom is -0.310 e. The van der Waals surface area contributed by atoms with Crippen LogP contribution in [0.25, 0.3) is 5.57 Å². The van der Waals surface area contributed by atoms with E-state index >= 15 is 0 Å². The minimum absolute atomic E-state index is 0.659. The summed E-state index contributed by atoms with van der Waals surface area (Å²) in [5.41, 5.74) is 2.43. The number of likely N-dealkylation sites (tertiary alicyclic amines) is 1. The van der Waals surface area contributed by atoms with Gasteiger partial charge in [-0.15, -0.1) is 0 Å². The van der Waals surface area contributed by atoms with E-state index in [1.54, 1.807) is 0 Å². The van der Waals surface area contributed by atoms with Crippen LogP contribution in [0.4, 0.5) is 0 Å². The monoisotopic (exact) mass is 230 g/mol. The Morgan fingerprint density at radius 3 is 2.59 bits per heavy atom. The van der Waals surface area contributed by atoms with Crippen LogP contribution in [0, 0.1) is 0 Å². The SMILES string of the molecule is C=C(CNC1CCN(C)CC1)c1ccccc1. The fourth-order valence-electron chi connectivity index (χ4n) is 2.26. The highest BCUT2D eigenvalue weighted by Crippen LogP contribution is 2.13. The highest BCUT2D eigenvalue weighted by atomic mass is 15.1. The maximum atomic E-state index is 4.15. The molecule has 2 rings (SSSR count). The average molecular weight is 230 g/mol. The summed E-state index contributed by atoms with van der Waals surface area (Å²) in [6.45, 7) is 7.46. The van der Waals surface area contributed by atoms with E-state index in [1.807, 2.05) is 6.07 Å². The third-order valence-electron chi connectivity index (χ3n) is 3.50. The predicted octanol–water partition coefficient (Wildman–Crippen LogP) is 2.38. The maximum Gasteiger partial charge on any atom is 0.0208 e. The average Bonchev–Trinajstić information content (AvgIpc) is 2.39. The van der Waals surface area contributed by atoms with Gasteiger partial charge in [-0.05, 0) is 44.1 Å². The Hall–Kier alpha value is -1.12. The molecule has 0 spiro atoms. The molecule has 1 saturated heterocycles. The second kappa shape index (κ2) is 5.99. The van der Waals surface area contributed by atoms with Crippen molar-refractivity contribution in [3.8, 4) is 0 Å². The zero-order valence-electron chi connectivity index (χ0n) is 10.7. The number of nitrogens with one attached hydrogen (secondary N) is 1. The van der Waals surface area contributed by atoms with Crippen LogP contribution in [-0.4, -0.2) is 37.6 Å². The fourth-order valence-corrected chi connectivity index (χ4v) is 2.26. The summed E-state index contributed by atoms with van der Waals surface area (Å²) in [5, 5.41) is 3.61. The van der Waals surface area contributed by atoms with Crippen LogP contribution in [0.3, 0.4) is 0 Å². The van der Waals surface area contributed by atoms with Crippen LogP contribution in [0.2, 0.25) is 0 Å². The van der Waals surface area contributed by atoms with Crippen molar-refractivity contribution in [1.29, 1.82) is 0 Å². The van der Waals surface area contributed by atoms with Crippen molar-refractivity contribution in [2.24, 2.45) is 0 Å². The molecule has 0 radical (unpaired) electrons. The molecule has 1 fully saturated rings. The minimum atomic E-state index is 0.659. The lowest BCUT2D eigenvalue weighted by atomic mass is 10.0. The van der Waals surface area contributed by atoms with Gasteiger partial charge in [0, 0.05) is 12.6 Å². The highest BCUT2D eigenvalue weighted by Gasteiger charge is 2.15. The summed E-state index contributed by atoms with van der Waals surface area (Å²) >= 11 is 0. The molecule has 0 atom stereocenters. The zero-order chi connectivity index (χ0) is 12.1. The summed E-state index contributed by atoms with van der Waals surface area (Å²) in [5.74, 6) is 0. The van der Waals surface area contributed by atoms with Crippen LogP contribution < -0.4 is 5.32 Å². The second-order valence-electron chi connectivity index (χ2n) is 4.93. The van der Waals surface area contributed by atoms with Gasteiger partial charge in [-0.2, -0.15) is 0 Å². The molecule has 1 aliphatic heterocycles. The number of hydrogen-bond acceptors (Lipinski definition) is 2. The van der Waals surface area contributed by atoms with Gasteiger partial charge in [-0.25, -0.2) is 0 Å². The third-order valence-corrected chi connectivity index (χ3v) is 3.50. The van der Waals surface area contributed by atoms with E-state index in [2.05, 4.69) is 48.1 Å². The first-order valence-corrected chi connectivity index (χ1v) is 6.41. The second-order valence-corrected chi connectivity index (χ2v) is 4.93. The number of nitrogens with zero attached hydrogens (tertiary/aromatic N) is 1. The van der Waals surface area contributed by atoms with Crippen LogP contribution in [-0.2, 0) is 0 Å². The molecular formula is C15H22N2. The lowest BCUT2D eigenvalue weighted by molar-refractivity contribution is 0.238. The summed E-state index contributed by atoms with van der Waals surface area (Å²) in [4.78, 5) is 2.39. The van der Waals surface area contributed by atoms with Gasteiger partial charge in [0.2, 0.25) is 0 Å². The van der Waals surface area contributed by atoms with Crippen LogP contribution in [0.5, 0.6) is 0 Å². The molecule has 1 aliphatic rings. The van der Waals surface area contributed by atoms with Crippen molar-refractivity contribution in [2.45, 2.75) is 18.9 Å². The Morgan fingerprint density at radius 1 is 1.29 bits per heavy atom. The standard InChI is InChI=1S/C15H22N2/c1-13(14-6-4-3-5-7-14)12-16-15-8-10-17(2)11-9-15/h3-7,15-16H,1,8-12H2,2H3. The molecule has 2 heteroatoms. The molecule has 0 saturated carbocycles. The number of benzene rings is 1. The number of piperidine rings is 1. The maximum absolute atomic E-state index is 4.15. The molecule has 1 aromatic rings. The van der Waals surface area contributed by atoms with Crippen molar-refractivity contribution in [1.82, 2.24) is 10.2 Å². The predicted molar refractivity (Wildman–Crippen MR) is 74.0 cm³/mol. The molecule has 1 aromatic carbocycles. The Morgan fingerprint density at radius 2 is 1.94 bits per heavy atom. The Labute approximate surface area is 104 Å². The largest absolute Gasteiger partial charge is 0.310 e. The summed E-state index contributed by atoms with van der Waals surface area (Å²) in [6.07, 6.45) is 2.50. The molecule has 2 nitrogen and oxygen atoms in total. The summed E-state index contributed by atoms with van der Waals surface area (Å²) in [7, 11) is 2.19. The smallest absolute Gasteiger partial charge is 0.0208 e. The number of rotatable bonds is 4. The van der Waals surface area contributed by atoms with E-state index in [0.29, 0.717) is 6.04 Å². The molecule has 1 heterocycles. The van der Waals surface area contributed by atoms with Gasteiger partial charge in [0.15, 0.2) is 0 Å². The summed E-state index contributed by atoms with van der Waals surface area (Å²) < 4.78 is 0. The van der Waals surface area contributed by atoms with Gasteiger partial charge >= 0.3 is 0 Å². The lowest BCUT2D eigenvalue weighted by Crippen LogP contribution is -2.41. The van der Waals surface area contributed by atoms with E-state index in [9.17, 15) is 0 Å². The van der Waals surface area contributed by atoms with E-state index in [0.717, 1.165) is 6.54 Å². The van der Waals surface area contributed by atoms with Crippen molar-refractivity contribution in [2.75, 3.05) is 26.7 Å². The van der Waals surface area contributed by atoms with Crippen LogP contribution in [0.1, 0.15) is 18.4 Å². The molecule has 0 aliphatic carbocycles. The first-order chi connectivity index (χ1) is 8.25. The van der Waals surface area contributed by atoms with Gasteiger partial charge in [0.1, 0.15) is 0 Å². The van der Waals surface area contributed by atoms with Gasteiger partial charge in [0.25, 0.3) is 0 Å². The van der Waals surface area contributed by atoms with Crippen molar-refractivity contribution >= 4 is 5.57 Å². The molecular weight excluding hydrogens is 208 g/mol. The molecule has 17 heavy (non-hydrogen) atoms. The Bertz CT molecular complexity index is 350. The van der Waals surface area contributed by atoms with Crippen molar-refractivity contribution < 1.29 is 0 Å². The molecule has 0 unspecified atom stereocenters. The van der Waals surface area contributed by atoms with Crippen molar-refractivity contribution in [3.63, 3.8) is 0 Å². The third kappa shape index (κ3) is 3.69. The Balaban J connectivity index is 1.77. The van der Waals surface area contributed by atoms with Gasteiger partial charge < -0.3 is 10.2 Å². The van der Waals surface area contributed by atoms with Gasteiger partial charge in [-0.1, -0.05) is 36.9 Å². The van der Waals surface area contributed by atoms with Crippen LogP contribution in [0.15, 0.2) is 36.9 Å². The van der Waals surface area contributed by atoms with Gasteiger partial charge in [0.05, 0.1) is 0 Å². The first kappa shape index (κ1) is 12.3. The highest BCUT2D eigenvalue weighted by molar-refractivity contribution is 5.64.